The summed E-state index contributed by atoms with van der Waals surface area (Å²) < 4.78 is 13.4. The second-order valence-electron chi connectivity index (χ2n) is 7.45. The fraction of sp³-hybridized carbons (Fsp3) is 0.0400. The third kappa shape index (κ3) is 2.94. The normalized spacial score (nSPS) is 17.9. The Bertz CT molecular complexity index is 1410. The molecule has 3 N–H and O–H groups in total. The Morgan fingerprint density at radius 1 is 0.938 bits per heavy atom. The second kappa shape index (κ2) is 7.39. The molecule has 0 spiro atoms. The molecule has 0 bridgehead atoms. The number of fused-ring (bicyclic) bond motifs is 1. The van der Waals surface area contributed by atoms with Crippen LogP contribution in [-0.2, 0) is 9.59 Å². The SMILES string of the molecule is O=C1C(=O)N(c2ccccc2O)C(c2c[nH]c3ccccc23)/C1=C(\O)c1ccc(F)cc1. The molecule has 6 nitrogen and oxygen atoms in total. The minimum absolute atomic E-state index is 0.142. The van der Waals surface area contributed by atoms with Gasteiger partial charge in [-0.1, -0.05) is 30.3 Å². The zero-order valence-electron chi connectivity index (χ0n) is 16.6. The number of amides is 1. The molecule has 0 saturated carbocycles. The van der Waals surface area contributed by atoms with Crippen LogP contribution in [-0.4, -0.2) is 26.9 Å². The van der Waals surface area contributed by atoms with Gasteiger partial charge in [-0.05, 0) is 42.5 Å². The van der Waals surface area contributed by atoms with Crippen molar-refractivity contribution in [2.24, 2.45) is 0 Å². The van der Waals surface area contributed by atoms with Gasteiger partial charge >= 0.3 is 0 Å². The summed E-state index contributed by atoms with van der Waals surface area (Å²) in [5, 5.41) is 22.3. The molecule has 1 atom stereocenters. The number of hydrogen-bond acceptors (Lipinski definition) is 4. The van der Waals surface area contributed by atoms with E-state index in [9.17, 15) is 24.2 Å². The number of aromatic hydroxyl groups is 1. The summed E-state index contributed by atoms with van der Waals surface area (Å²) in [4.78, 5) is 30.6. The highest BCUT2D eigenvalue weighted by Crippen LogP contribution is 2.46. The zero-order valence-corrected chi connectivity index (χ0v) is 16.6. The summed E-state index contributed by atoms with van der Waals surface area (Å²) >= 11 is 0. The molecule has 1 amide bonds. The van der Waals surface area contributed by atoms with Gasteiger partial charge in [0.1, 0.15) is 17.3 Å². The van der Waals surface area contributed by atoms with E-state index >= 15 is 0 Å². The highest BCUT2D eigenvalue weighted by molar-refractivity contribution is 6.52. The molecular formula is C25H17FN2O4. The molecule has 0 aliphatic carbocycles. The van der Waals surface area contributed by atoms with Crippen LogP contribution in [0.5, 0.6) is 5.75 Å². The van der Waals surface area contributed by atoms with E-state index in [0.29, 0.717) is 5.56 Å². The van der Waals surface area contributed by atoms with Crippen LogP contribution in [0.4, 0.5) is 10.1 Å². The Morgan fingerprint density at radius 3 is 2.38 bits per heavy atom. The smallest absolute Gasteiger partial charge is 0.300 e. The molecule has 5 rings (SSSR count). The standard InChI is InChI=1S/C25H17FN2O4/c26-15-11-9-14(10-12-15)23(30)21-22(17-13-27-18-6-2-1-5-16(17)18)28(25(32)24(21)31)19-7-3-4-8-20(19)29/h1-13,22,27,29-30H/b23-21+. The molecule has 1 saturated heterocycles. The third-order valence-electron chi connectivity index (χ3n) is 5.62. The molecular weight excluding hydrogens is 411 g/mol. The van der Waals surface area contributed by atoms with E-state index in [1.54, 1.807) is 18.3 Å². The van der Waals surface area contributed by atoms with Crippen molar-refractivity contribution in [3.8, 4) is 5.75 Å². The number of phenolic OH excluding ortho intramolecular Hbond substituents is 1. The number of aromatic amines is 1. The Morgan fingerprint density at radius 2 is 1.62 bits per heavy atom. The summed E-state index contributed by atoms with van der Waals surface area (Å²) in [5.41, 5.74) is 1.56. The summed E-state index contributed by atoms with van der Waals surface area (Å²) in [6.45, 7) is 0. The molecule has 1 aromatic heterocycles. The molecule has 1 unspecified atom stereocenters. The van der Waals surface area contributed by atoms with Crippen molar-refractivity contribution in [2.45, 2.75) is 6.04 Å². The molecule has 1 fully saturated rings. The minimum atomic E-state index is -1.01. The van der Waals surface area contributed by atoms with Gasteiger partial charge in [-0.3, -0.25) is 14.5 Å². The summed E-state index contributed by atoms with van der Waals surface area (Å²) in [5.74, 6) is -2.88. The number of carbonyl (C=O) groups is 2. The van der Waals surface area contributed by atoms with Crippen LogP contribution < -0.4 is 4.90 Å². The monoisotopic (exact) mass is 428 g/mol. The maximum atomic E-state index is 13.4. The lowest BCUT2D eigenvalue weighted by Crippen LogP contribution is -2.29. The first kappa shape index (κ1) is 19.6. The quantitative estimate of drug-likeness (QED) is 0.252. The highest BCUT2D eigenvalue weighted by atomic mass is 19.1. The molecule has 158 valence electrons. The van der Waals surface area contributed by atoms with Crippen molar-refractivity contribution >= 4 is 34.0 Å². The Hall–Kier alpha value is -4.39. The number of aromatic nitrogens is 1. The molecule has 4 aromatic rings. The average Bonchev–Trinajstić information content (AvgIpc) is 3.33. The molecule has 3 aromatic carbocycles. The first-order valence-corrected chi connectivity index (χ1v) is 9.88. The highest BCUT2D eigenvalue weighted by Gasteiger charge is 2.48. The van der Waals surface area contributed by atoms with E-state index in [2.05, 4.69) is 4.98 Å². The number of nitrogens with zero attached hydrogens (tertiary/aromatic N) is 1. The van der Waals surface area contributed by atoms with Gasteiger partial charge in [-0.2, -0.15) is 0 Å². The van der Waals surface area contributed by atoms with Crippen molar-refractivity contribution in [3.63, 3.8) is 0 Å². The minimum Gasteiger partial charge on any atom is -0.507 e. The van der Waals surface area contributed by atoms with Crippen LogP contribution in [0.1, 0.15) is 17.2 Å². The van der Waals surface area contributed by atoms with Crippen LogP contribution in [0.25, 0.3) is 16.7 Å². The number of nitrogens with one attached hydrogen (secondary N) is 1. The number of aliphatic hydroxyl groups is 1. The lowest BCUT2D eigenvalue weighted by atomic mass is 9.94. The molecule has 1 aliphatic heterocycles. The summed E-state index contributed by atoms with van der Waals surface area (Å²) in [6.07, 6.45) is 1.67. The molecule has 32 heavy (non-hydrogen) atoms. The number of halogens is 1. The maximum absolute atomic E-state index is 13.4. The average molecular weight is 428 g/mol. The number of hydrogen-bond donors (Lipinski definition) is 3. The number of benzene rings is 3. The van der Waals surface area contributed by atoms with Gasteiger partial charge in [0.05, 0.1) is 17.3 Å². The molecule has 0 radical (unpaired) electrons. The van der Waals surface area contributed by atoms with E-state index in [0.717, 1.165) is 23.0 Å². The molecule has 7 heteroatoms. The number of Topliss-reactive ketones (excluding diaryl/α,β-unsaturated/α-hetero) is 1. The number of para-hydroxylation sites is 3. The number of H-pyrrole nitrogens is 1. The van der Waals surface area contributed by atoms with Gasteiger partial charge in [-0.15, -0.1) is 0 Å². The second-order valence-corrected chi connectivity index (χ2v) is 7.45. The maximum Gasteiger partial charge on any atom is 0.300 e. The predicted molar refractivity (Wildman–Crippen MR) is 118 cm³/mol. The lowest BCUT2D eigenvalue weighted by molar-refractivity contribution is -0.132. The first-order chi connectivity index (χ1) is 15.5. The van der Waals surface area contributed by atoms with Crippen LogP contribution >= 0.6 is 0 Å². The zero-order chi connectivity index (χ0) is 22.4. The fourth-order valence-corrected chi connectivity index (χ4v) is 4.13. The summed E-state index contributed by atoms with van der Waals surface area (Å²) in [7, 11) is 0. The summed E-state index contributed by atoms with van der Waals surface area (Å²) in [6, 6.07) is 17.5. The van der Waals surface area contributed by atoms with Crippen molar-refractivity contribution in [2.75, 3.05) is 4.90 Å². The van der Waals surface area contributed by atoms with E-state index in [1.807, 2.05) is 24.3 Å². The number of carbonyl (C=O) groups excluding carboxylic acids is 2. The van der Waals surface area contributed by atoms with Gasteiger partial charge in [0.25, 0.3) is 11.7 Å². The van der Waals surface area contributed by atoms with Gasteiger partial charge in [0, 0.05) is 28.2 Å². The Labute approximate surface area is 181 Å². The van der Waals surface area contributed by atoms with E-state index in [4.69, 9.17) is 0 Å². The topological polar surface area (TPSA) is 93.6 Å². The van der Waals surface area contributed by atoms with Crippen LogP contribution in [0.15, 0.2) is 84.6 Å². The predicted octanol–water partition coefficient (Wildman–Crippen LogP) is 4.64. The van der Waals surface area contributed by atoms with Gasteiger partial charge < -0.3 is 15.2 Å². The van der Waals surface area contributed by atoms with E-state index in [-0.39, 0.29) is 22.6 Å². The molecule has 2 heterocycles. The van der Waals surface area contributed by atoms with E-state index < -0.39 is 29.3 Å². The Balaban J connectivity index is 1.80. The van der Waals surface area contributed by atoms with Crippen molar-refractivity contribution in [3.05, 3.63) is 102 Å². The lowest BCUT2D eigenvalue weighted by Gasteiger charge is -2.25. The van der Waals surface area contributed by atoms with Crippen molar-refractivity contribution in [1.29, 1.82) is 0 Å². The van der Waals surface area contributed by atoms with Gasteiger partial charge in [-0.25, -0.2) is 4.39 Å². The van der Waals surface area contributed by atoms with Crippen LogP contribution in [0.3, 0.4) is 0 Å². The van der Waals surface area contributed by atoms with Crippen LogP contribution in [0.2, 0.25) is 0 Å². The number of aliphatic hydroxyl groups excluding tert-OH is 1. The number of anilines is 1. The first-order valence-electron chi connectivity index (χ1n) is 9.88. The van der Waals surface area contributed by atoms with Crippen LogP contribution in [0, 0.1) is 5.82 Å². The largest absolute Gasteiger partial charge is 0.507 e. The number of ketones is 1. The van der Waals surface area contributed by atoms with Crippen molar-refractivity contribution in [1.82, 2.24) is 4.98 Å². The van der Waals surface area contributed by atoms with E-state index in [1.165, 1.54) is 29.2 Å². The fourth-order valence-electron chi connectivity index (χ4n) is 4.13. The van der Waals surface area contributed by atoms with Gasteiger partial charge in [0.15, 0.2) is 0 Å². The molecule has 1 aliphatic rings. The number of rotatable bonds is 3. The van der Waals surface area contributed by atoms with Gasteiger partial charge in [0.2, 0.25) is 0 Å². The Kier molecular flexibility index (Phi) is 4.52. The number of phenols is 1. The third-order valence-corrected chi connectivity index (χ3v) is 5.62. The van der Waals surface area contributed by atoms with Crippen molar-refractivity contribution < 1.29 is 24.2 Å².